The molecule has 1 saturated heterocycles. The summed E-state index contributed by atoms with van der Waals surface area (Å²) in [7, 11) is 0. The van der Waals surface area contributed by atoms with Crippen molar-refractivity contribution in [2.45, 2.75) is 25.3 Å². The first kappa shape index (κ1) is 12.5. The molecule has 3 nitrogen and oxygen atoms in total. The van der Waals surface area contributed by atoms with Crippen molar-refractivity contribution in [3.8, 4) is 0 Å². The molecule has 0 radical (unpaired) electrons. The van der Waals surface area contributed by atoms with Gasteiger partial charge in [-0.1, -0.05) is 11.6 Å². The van der Waals surface area contributed by atoms with Crippen LogP contribution in [0.1, 0.15) is 24.8 Å². The van der Waals surface area contributed by atoms with Gasteiger partial charge in [-0.15, -0.1) is 0 Å². The lowest BCUT2D eigenvalue weighted by Gasteiger charge is -2.29. The zero-order valence-corrected chi connectivity index (χ0v) is 11.1. The van der Waals surface area contributed by atoms with Gasteiger partial charge in [0.1, 0.15) is 0 Å². The number of benzene rings is 1. The second-order valence-electron chi connectivity index (χ2n) is 5.03. The minimum absolute atomic E-state index is 0.0337. The van der Waals surface area contributed by atoms with E-state index in [1.54, 1.807) is 6.07 Å². The Bertz CT molecular complexity index is 585. The van der Waals surface area contributed by atoms with Crippen molar-refractivity contribution in [1.82, 2.24) is 4.90 Å². The third-order valence-electron chi connectivity index (χ3n) is 3.86. The lowest BCUT2D eigenvalue weighted by molar-refractivity contribution is -0.127. The number of fused-ring (bicyclic) bond motifs is 1. The molecule has 0 spiro atoms. The molecule has 2 aliphatic rings. The Morgan fingerprint density at radius 2 is 2.21 bits per heavy atom. The summed E-state index contributed by atoms with van der Waals surface area (Å²) in [5.41, 5.74) is 7.11. The van der Waals surface area contributed by atoms with Crippen LogP contribution in [0.15, 0.2) is 18.2 Å². The lowest BCUT2D eigenvalue weighted by Crippen LogP contribution is -2.37. The number of hydrogen-bond donors (Lipinski definition) is 1. The summed E-state index contributed by atoms with van der Waals surface area (Å²) in [6.45, 7) is 0.792. The van der Waals surface area contributed by atoms with Crippen LogP contribution in [0.2, 0.25) is 5.02 Å². The predicted molar refractivity (Wildman–Crippen MR) is 73.2 cm³/mol. The molecule has 2 aliphatic heterocycles. The number of nitrogens with two attached hydrogens (primary N) is 1. The van der Waals surface area contributed by atoms with Crippen LogP contribution in [-0.4, -0.2) is 23.4 Å². The average molecular weight is 281 g/mol. The molecule has 1 amide bonds. The van der Waals surface area contributed by atoms with Gasteiger partial charge in [0, 0.05) is 29.9 Å². The normalized spacial score (nSPS) is 22.4. The van der Waals surface area contributed by atoms with Gasteiger partial charge in [0.2, 0.25) is 5.91 Å². The molecule has 19 heavy (non-hydrogen) atoms. The Hall–Kier alpha value is -1.55. The first-order chi connectivity index (χ1) is 9.08. The second-order valence-corrected chi connectivity index (χ2v) is 5.43. The number of rotatable bonds is 1. The average Bonchev–Trinajstić information content (AvgIpc) is 2.83. The van der Waals surface area contributed by atoms with Crippen molar-refractivity contribution in [3.63, 3.8) is 0 Å². The summed E-state index contributed by atoms with van der Waals surface area (Å²) in [5, 5.41) is 0.0337. The number of hydrogen-bond acceptors (Lipinski definition) is 2. The number of carbonyl (C=O) groups excluding carboxylic acids is 1. The van der Waals surface area contributed by atoms with Gasteiger partial charge in [-0.2, -0.15) is 0 Å². The fourth-order valence-electron chi connectivity index (χ4n) is 2.95. The van der Waals surface area contributed by atoms with Crippen LogP contribution in [0, 0.1) is 5.82 Å². The van der Waals surface area contributed by atoms with Gasteiger partial charge in [-0.3, -0.25) is 4.79 Å². The van der Waals surface area contributed by atoms with E-state index in [4.69, 9.17) is 17.3 Å². The molecule has 5 heteroatoms. The third kappa shape index (κ3) is 2.00. The topological polar surface area (TPSA) is 46.3 Å². The molecule has 2 N–H and O–H groups in total. The Labute approximate surface area is 115 Å². The van der Waals surface area contributed by atoms with Crippen LogP contribution in [0.4, 0.5) is 10.1 Å². The fraction of sp³-hybridized carbons (Fsp3) is 0.357. The van der Waals surface area contributed by atoms with E-state index in [0.717, 1.165) is 19.4 Å². The van der Waals surface area contributed by atoms with Gasteiger partial charge < -0.3 is 10.6 Å². The third-order valence-corrected chi connectivity index (χ3v) is 4.15. The number of amides is 1. The summed E-state index contributed by atoms with van der Waals surface area (Å²) in [4.78, 5) is 13.9. The summed E-state index contributed by atoms with van der Waals surface area (Å²) >= 11 is 5.80. The molecule has 1 atom stereocenters. The maximum absolute atomic E-state index is 14.1. The highest BCUT2D eigenvalue weighted by molar-refractivity contribution is 6.31. The Kier molecular flexibility index (Phi) is 2.97. The van der Waals surface area contributed by atoms with E-state index < -0.39 is 5.82 Å². The molecule has 2 heterocycles. The number of halogens is 2. The van der Waals surface area contributed by atoms with Gasteiger partial charge in [-0.25, -0.2) is 4.39 Å². The minimum atomic E-state index is -0.535. The highest BCUT2D eigenvalue weighted by Crippen LogP contribution is 2.37. The largest absolute Gasteiger partial charge is 0.398 e. The highest BCUT2D eigenvalue weighted by atomic mass is 35.5. The van der Waals surface area contributed by atoms with Crippen LogP contribution < -0.4 is 5.73 Å². The van der Waals surface area contributed by atoms with Gasteiger partial charge in [-0.05, 0) is 37.0 Å². The summed E-state index contributed by atoms with van der Waals surface area (Å²) in [6, 6.07) is 3.18. The van der Waals surface area contributed by atoms with Crippen LogP contribution in [0.25, 0.3) is 5.57 Å². The summed E-state index contributed by atoms with van der Waals surface area (Å²) in [6.07, 6.45) is 4.11. The van der Waals surface area contributed by atoms with Crippen LogP contribution in [0.3, 0.4) is 0 Å². The lowest BCUT2D eigenvalue weighted by atomic mass is 9.92. The molecule has 1 aromatic rings. The Morgan fingerprint density at radius 1 is 1.42 bits per heavy atom. The molecule has 0 bridgehead atoms. The maximum atomic E-state index is 14.1. The van der Waals surface area contributed by atoms with E-state index in [1.807, 2.05) is 4.90 Å². The molecule has 0 aliphatic carbocycles. The number of nitrogens with zero attached hydrogens (tertiary/aromatic N) is 1. The maximum Gasteiger partial charge on any atom is 0.247 e. The molecular formula is C14H14ClFN2O. The predicted octanol–water partition coefficient (Wildman–Crippen LogP) is 2.84. The number of nitrogen functional groups attached to an aromatic ring is 1. The first-order valence-corrected chi connectivity index (χ1v) is 6.70. The van der Waals surface area contributed by atoms with E-state index in [2.05, 4.69) is 0 Å². The second kappa shape index (κ2) is 4.53. The summed E-state index contributed by atoms with van der Waals surface area (Å²) < 4.78 is 14.1. The minimum Gasteiger partial charge on any atom is -0.398 e. The molecule has 100 valence electrons. The molecule has 0 saturated carbocycles. The monoisotopic (exact) mass is 280 g/mol. The molecule has 1 unspecified atom stereocenters. The van der Waals surface area contributed by atoms with Crippen molar-refractivity contribution in [2.75, 3.05) is 12.3 Å². The van der Waals surface area contributed by atoms with Gasteiger partial charge in [0.25, 0.3) is 0 Å². The smallest absolute Gasteiger partial charge is 0.247 e. The van der Waals surface area contributed by atoms with Crippen molar-refractivity contribution < 1.29 is 9.18 Å². The van der Waals surface area contributed by atoms with Crippen molar-refractivity contribution >= 4 is 28.8 Å². The molecule has 1 fully saturated rings. The Morgan fingerprint density at radius 3 is 3.00 bits per heavy atom. The van der Waals surface area contributed by atoms with E-state index in [0.29, 0.717) is 17.7 Å². The van der Waals surface area contributed by atoms with Crippen molar-refractivity contribution in [3.05, 3.63) is 34.6 Å². The van der Waals surface area contributed by atoms with Gasteiger partial charge in [0.15, 0.2) is 5.82 Å². The molecular weight excluding hydrogens is 267 g/mol. The Balaban J connectivity index is 2.06. The molecule has 1 aromatic carbocycles. The van der Waals surface area contributed by atoms with E-state index >= 15 is 0 Å². The van der Waals surface area contributed by atoms with Crippen LogP contribution in [-0.2, 0) is 4.79 Å². The molecule has 0 aromatic heterocycles. The quantitative estimate of drug-likeness (QED) is 0.804. The number of carbonyl (C=O) groups is 1. The van der Waals surface area contributed by atoms with E-state index in [1.165, 1.54) is 12.1 Å². The SMILES string of the molecule is Nc1ccc(Cl)c(F)c1C1=CC(=O)N2CCCC2C1. The first-order valence-electron chi connectivity index (χ1n) is 6.33. The van der Waals surface area contributed by atoms with E-state index in [9.17, 15) is 9.18 Å². The van der Waals surface area contributed by atoms with Crippen LogP contribution in [0.5, 0.6) is 0 Å². The summed E-state index contributed by atoms with van der Waals surface area (Å²) in [5.74, 6) is -0.588. The fourth-order valence-corrected chi connectivity index (χ4v) is 3.11. The van der Waals surface area contributed by atoms with Gasteiger partial charge in [0.05, 0.1) is 5.02 Å². The van der Waals surface area contributed by atoms with Gasteiger partial charge >= 0.3 is 0 Å². The highest BCUT2D eigenvalue weighted by Gasteiger charge is 2.33. The molecule has 3 rings (SSSR count). The van der Waals surface area contributed by atoms with Crippen LogP contribution >= 0.6 is 11.6 Å². The zero-order chi connectivity index (χ0) is 13.6. The number of anilines is 1. The van der Waals surface area contributed by atoms with Crippen molar-refractivity contribution in [1.29, 1.82) is 0 Å². The van der Waals surface area contributed by atoms with Crippen molar-refractivity contribution in [2.24, 2.45) is 0 Å². The van der Waals surface area contributed by atoms with E-state index in [-0.39, 0.29) is 22.5 Å². The zero-order valence-electron chi connectivity index (χ0n) is 10.3. The standard InChI is InChI=1S/C14H14ClFN2O/c15-10-3-4-11(17)13(14(10)16)8-6-9-2-1-5-18(9)12(19)7-8/h3-4,7,9H,1-2,5-6,17H2.